The molecule has 3 amide bonds. The molecule has 0 radical (unpaired) electrons. The first-order chi connectivity index (χ1) is 15.0. The van der Waals surface area contributed by atoms with Crippen molar-refractivity contribution in [2.45, 2.75) is 32.2 Å². The minimum absolute atomic E-state index is 0.0291. The molecule has 4 rings (SSSR count). The zero-order chi connectivity index (χ0) is 21.8. The summed E-state index contributed by atoms with van der Waals surface area (Å²) >= 11 is 0. The average molecular weight is 418 g/mol. The smallest absolute Gasteiger partial charge is 0.229 e. The van der Waals surface area contributed by atoms with Crippen molar-refractivity contribution in [2.24, 2.45) is 5.92 Å². The molecule has 2 aliphatic heterocycles. The van der Waals surface area contributed by atoms with Crippen molar-refractivity contribution in [3.8, 4) is 0 Å². The fraction of sp³-hybridized carbons (Fsp3) is 0.320. The molecule has 2 heterocycles. The van der Waals surface area contributed by atoms with Gasteiger partial charge in [-0.2, -0.15) is 0 Å². The molecule has 160 valence electrons. The zero-order valence-electron chi connectivity index (χ0n) is 17.7. The predicted molar refractivity (Wildman–Crippen MR) is 120 cm³/mol. The van der Waals surface area contributed by atoms with E-state index >= 15 is 0 Å². The summed E-state index contributed by atoms with van der Waals surface area (Å²) in [6, 6.07) is 16.9. The normalized spacial score (nSPS) is 20.2. The molecule has 6 heteroatoms. The van der Waals surface area contributed by atoms with Crippen LogP contribution in [0.4, 0.5) is 5.69 Å². The number of hydrogen-bond donors (Lipinski definition) is 1. The number of piperidine rings is 1. The fourth-order valence-electron chi connectivity index (χ4n) is 4.39. The van der Waals surface area contributed by atoms with Crippen LogP contribution >= 0.6 is 0 Å². The van der Waals surface area contributed by atoms with E-state index < -0.39 is 0 Å². The van der Waals surface area contributed by atoms with Crippen molar-refractivity contribution in [1.82, 2.24) is 9.80 Å². The summed E-state index contributed by atoms with van der Waals surface area (Å²) in [7, 11) is 0. The molecule has 0 saturated carbocycles. The highest BCUT2D eigenvalue weighted by Crippen LogP contribution is 2.33. The van der Waals surface area contributed by atoms with Crippen LogP contribution in [0.5, 0.6) is 0 Å². The van der Waals surface area contributed by atoms with E-state index in [9.17, 15) is 14.4 Å². The van der Waals surface area contributed by atoms with Gasteiger partial charge in [0.15, 0.2) is 0 Å². The minimum atomic E-state index is -0.329. The quantitative estimate of drug-likeness (QED) is 0.822. The summed E-state index contributed by atoms with van der Waals surface area (Å²) in [6.45, 7) is 2.56. The summed E-state index contributed by atoms with van der Waals surface area (Å²) in [4.78, 5) is 41.5. The van der Waals surface area contributed by atoms with Crippen molar-refractivity contribution >= 4 is 29.5 Å². The summed E-state index contributed by atoms with van der Waals surface area (Å²) in [5.74, 6) is -0.416. The van der Waals surface area contributed by atoms with E-state index in [0.29, 0.717) is 13.1 Å². The number of likely N-dealkylation sites (tertiary alicyclic amines) is 1. The Morgan fingerprint density at radius 2 is 1.77 bits per heavy atom. The standard InChI is InChI=1S/C25H27N3O3/c1-18(29)28-15-13-19-8-5-6-12-22(19)23(28)16-24(30)27-14-7-9-20(17-27)25(31)26-21-10-3-2-4-11-21/h2-6,8,10-13,15,20,23H,7,9,14,16-17H2,1H3,(H,26,31). The maximum Gasteiger partial charge on any atom is 0.229 e. The molecule has 0 spiro atoms. The van der Waals surface area contributed by atoms with Crippen LogP contribution < -0.4 is 5.32 Å². The lowest BCUT2D eigenvalue weighted by atomic mass is 9.92. The third kappa shape index (κ3) is 4.68. The number of fused-ring (bicyclic) bond motifs is 1. The van der Waals surface area contributed by atoms with Crippen LogP contribution in [0.1, 0.15) is 43.4 Å². The molecule has 2 aromatic rings. The summed E-state index contributed by atoms with van der Waals surface area (Å²) in [6.07, 6.45) is 5.42. The van der Waals surface area contributed by atoms with Gasteiger partial charge < -0.3 is 15.1 Å². The molecular weight excluding hydrogens is 390 g/mol. The Kier molecular flexibility index (Phi) is 6.16. The van der Waals surface area contributed by atoms with Crippen molar-refractivity contribution in [1.29, 1.82) is 0 Å². The maximum absolute atomic E-state index is 13.2. The molecule has 0 aliphatic carbocycles. The number of anilines is 1. The molecule has 31 heavy (non-hydrogen) atoms. The molecule has 2 aliphatic rings. The number of amides is 3. The summed E-state index contributed by atoms with van der Waals surface area (Å²) < 4.78 is 0. The highest BCUT2D eigenvalue weighted by atomic mass is 16.2. The highest BCUT2D eigenvalue weighted by Gasteiger charge is 2.33. The third-order valence-corrected chi connectivity index (χ3v) is 6.02. The van der Waals surface area contributed by atoms with E-state index in [1.807, 2.05) is 60.7 Å². The van der Waals surface area contributed by atoms with E-state index in [4.69, 9.17) is 0 Å². The van der Waals surface area contributed by atoms with Crippen LogP contribution in [0, 0.1) is 5.92 Å². The Hall–Kier alpha value is -3.41. The Labute approximate surface area is 182 Å². The van der Waals surface area contributed by atoms with Crippen molar-refractivity contribution in [2.75, 3.05) is 18.4 Å². The van der Waals surface area contributed by atoms with Gasteiger partial charge in [0.05, 0.1) is 18.4 Å². The van der Waals surface area contributed by atoms with E-state index in [0.717, 1.165) is 29.7 Å². The van der Waals surface area contributed by atoms with Crippen LogP contribution in [-0.2, 0) is 14.4 Å². The summed E-state index contributed by atoms with van der Waals surface area (Å²) in [5, 5.41) is 2.95. The van der Waals surface area contributed by atoms with Gasteiger partial charge in [-0.25, -0.2) is 0 Å². The number of rotatable bonds is 4. The average Bonchev–Trinajstić information content (AvgIpc) is 2.79. The van der Waals surface area contributed by atoms with Gasteiger partial charge in [-0.05, 0) is 42.2 Å². The van der Waals surface area contributed by atoms with Gasteiger partial charge in [0, 0.05) is 31.9 Å². The number of nitrogens with one attached hydrogen (secondary N) is 1. The van der Waals surface area contributed by atoms with Crippen LogP contribution in [0.2, 0.25) is 0 Å². The molecule has 0 aromatic heterocycles. The largest absolute Gasteiger partial charge is 0.342 e. The van der Waals surface area contributed by atoms with Crippen molar-refractivity contribution in [3.05, 3.63) is 71.9 Å². The Bertz CT molecular complexity index is 1000. The van der Waals surface area contributed by atoms with E-state index in [1.165, 1.54) is 6.92 Å². The maximum atomic E-state index is 13.2. The molecule has 2 atom stereocenters. The first-order valence-corrected chi connectivity index (χ1v) is 10.7. The lowest BCUT2D eigenvalue weighted by Crippen LogP contribution is -2.45. The minimum Gasteiger partial charge on any atom is -0.342 e. The predicted octanol–water partition coefficient (Wildman–Crippen LogP) is 3.83. The van der Waals surface area contributed by atoms with E-state index in [1.54, 1.807) is 16.0 Å². The van der Waals surface area contributed by atoms with Crippen LogP contribution in [0.25, 0.3) is 6.08 Å². The Morgan fingerprint density at radius 3 is 2.55 bits per heavy atom. The molecule has 2 unspecified atom stereocenters. The summed E-state index contributed by atoms with van der Waals surface area (Å²) in [5.41, 5.74) is 2.76. The second-order valence-corrected chi connectivity index (χ2v) is 8.13. The number of para-hydroxylation sites is 1. The van der Waals surface area contributed by atoms with Crippen LogP contribution in [0.15, 0.2) is 60.8 Å². The number of carbonyl (C=O) groups excluding carboxylic acids is 3. The second kappa shape index (κ2) is 9.16. The zero-order valence-corrected chi connectivity index (χ0v) is 17.7. The Morgan fingerprint density at radius 1 is 1.03 bits per heavy atom. The number of hydrogen-bond acceptors (Lipinski definition) is 3. The van der Waals surface area contributed by atoms with Gasteiger partial charge in [-0.3, -0.25) is 14.4 Å². The van der Waals surface area contributed by atoms with Gasteiger partial charge >= 0.3 is 0 Å². The molecule has 1 fully saturated rings. The van der Waals surface area contributed by atoms with E-state index in [-0.39, 0.29) is 36.1 Å². The molecular formula is C25H27N3O3. The molecule has 0 bridgehead atoms. The van der Waals surface area contributed by atoms with Gasteiger partial charge in [0.25, 0.3) is 0 Å². The van der Waals surface area contributed by atoms with E-state index in [2.05, 4.69) is 5.32 Å². The highest BCUT2D eigenvalue weighted by molar-refractivity contribution is 5.93. The molecule has 1 N–H and O–H groups in total. The van der Waals surface area contributed by atoms with Gasteiger partial charge in [-0.15, -0.1) is 0 Å². The first kappa shape index (κ1) is 20.8. The number of benzene rings is 2. The Balaban J connectivity index is 1.44. The SMILES string of the molecule is CC(=O)N1C=Cc2ccccc2C1CC(=O)N1CCCC(C(=O)Nc2ccccc2)C1. The fourth-order valence-corrected chi connectivity index (χ4v) is 4.39. The number of carbonyl (C=O) groups is 3. The van der Waals surface area contributed by atoms with Crippen LogP contribution in [0.3, 0.4) is 0 Å². The third-order valence-electron chi connectivity index (χ3n) is 6.02. The first-order valence-electron chi connectivity index (χ1n) is 10.7. The lowest BCUT2D eigenvalue weighted by Gasteiger charge is -2.36. The van der Waals surface area contributed by atoms with Crippen molar-refractivity contribution in [3.63, 3.8) is 0 Å². The molecule has 2 aromatic carbocycles. The van der Waals surface area contributed by atoms with Crippen molar-refractivity contribution < 1.29 is 14.4 Å². The van der Waals surface area contributed by atoms with Crippen LogP contribution in [-0.4, -0.2) is 40.6 Å². The van der Waals surface area contributed by atoms with Gasteiger partial charge in [-0.1, -0.05) is 42.5 Å². The van der Waals surface area contributed by atoms with Gasteiger partial charge in [0.2, 0.25) is 17.7 Å². The monoisotopic (exact) mass is 417 g/mol. The topological polar surface area (TPSA) is 69.7 Å². The second-order valence-electron chi connectivity index (χ2n) is 8.13. The number of nitrogens with zero attached hydrogens (tertiary/aromatic N) is 2. The molecule has 1 saturated heterocycles. The van der Waals surface area contributed by atoms with Gasteiger partial charge in [0.1, 0.15) is 0 Å². The lowest BCUT2D eigenvalue weighted by molar-refractivity contribution is -0.136. The molecule has 6 nitrogen and oxygen atoms in total.